The number of benzene rings is 3. The number of carbonyl (C=O) groups excluding carboxylic acids is 1. The number of nitriles is 1. The van der Waals surface area contributed by atoms with Gasteiger partial charge in [-0.2, -0.15) is 5.26 Å². The van der Waals surface area contributed by atoms with Crippen LogP contribution in [0.1, 0.15) is 23.6 Å². The Bertz CT molecular complexity index is 1270. The average Bonchev–Trinajstić information content (AvgIpc) is 2.92. The topological polar surface area (TPSA) is 89.8 Å². The molecule has 0 atom stereocenters. The van der Waals surface area contributed by atoms with Crippen molar-refractivity contribution in [3.05, 3.63) is 94.0 Å². The number of nitrogens with zero attached hydrogens (tertiary/aromatic N) is 1. The third-order valence-electron chi connectivity index (χ3n) is 5.36. The lowest BCUT2D eigenvalue weighted by Crippen LogP contribution is -2.23. The van der Waals surface area contributed by atoms with Crippen LogP contribution in [0.5, 0.6) is 17.2 Å². The number of para-hydroxylation sites is 1. The third-order valence-corrected chi connectivity index (χ3v) is 5.64. The van der Waals surface area contributed by atoms with Gasteiger partial charge in [-0.15, -0.1) is 0 Å². The van der Waals surface area contributed by atoms with Gasteiger partial charge in [0.25, 0.3) is 5.91 Å². The number of halogens is 1. The molecule has 0 aliphatic rings. The van der Waals surface area contributed by atoms with Crippen LogP contribution in [-0.2, 0) is 16.1 Å². The molecular weight excluding hydrogens is 504 g/mol. The van der Waals surface area contributed by atoms with Gasteiger partial charge >= 0.3 is 0 Å². The lowest BCUT2D eigenvalue weighted by molar-refractivity contribution is -0.117. The van der Waals surface area contributed by atoms with Gasteiger partial charge < -0.3 is 24.3 Å². The Morgan fingerprint density at radius 2 is 1.66 bits per heavy atom. The molecule has 0 fully saturated rings. The van der Waals surface area contributed by atoms with E-state index in [2.05, 4.69) is 5.32 Å². The van der Waals surface area contributed by atoms with Crippen LogP contribution in [0.15, 0.2) is 72.3 Å². The molecular formula is C30H31ClN2O5. The molecule has 0 aliphatic heterocycles. The minimum absolute atomic E-state index is 0.0468. The molecule has 0 bridgehead atoms. The van der Waals surface area contributed by atoms with Crippen LogP contribution in [0.25, 0.3) is 6.08 Å². The summed E-state index contributed by atoms with van der Waals surface area (Å²) in [6.45, 7) is 5.97. The largest absolute Gasteiger partial charge is 0.491 e. The Labute approximate surface area is 228 Å². The molecule has 8 heteroatoms. The van der Waals surface area contributed by atoms with Crippen molar-refractivity contribution < 1.29 is 23.7 Å². The molecule has 7 nitrogen and oxygen atoms in total. The van der Waals surface area contributed by atoms with Crippen LogP contribution >= 0.6 is 11.6 Å². The highest BCUT2D eigenvalue weighted by Crippen LogP contribution is 2.37. The summed E-state index contributed by atoms with van der Waals surface area (Å²) < 4.78 is 22.9. The lowest BCUT2D eigenvalue weighted by atomic mass is 10.1. The quantitative estimate of drug-likeness (QED) is 0.161. The molecule has 38 heavy (non-hydrogen) atoms. The molecule has 0 saturated heterocycles. The number of ether oxygens (including phenoxy) is 4. The molecule has 198 valence electrons. The van der Waals surface area contributed by atoms with E-state index >= 15 is 0 Å². The van der Waals surface area contributed by atoms with Gasteiger partial charge in [0.15, 0.2) is 11.5 Å². The number of nitrogens with one attached hydrogen (secondary N) is 1. The fraction of sp³-hybridized carbons (Fsp3) is 0.267. The summed E-state index contributed by atoms with van der Waals surface area (Å²) in [6, 6.07) is 22.5. The monoisotopic (exact) mass is 534 g/mol. The number of amides is 1. The number of hydrogen-bond donors (Lipinski definition) is 1. The van der Waals surface area contributed by atoms with Crippen molar-refractivity contribution in [1.82, 2.24) is 5.32 Å². The van der Waals surface area contributed by atoms with Gasteiger partial charge in [-0.05, 0) is 54.8 Å². The SMILES string of the molecule is CCOc1cc(/C=C(\C#N)C(=O)NCc2ccccc2)cc(Cl)c1OCCOCCOc1ccccc1C. The highest BCUT2D eigenvalue weighted by molar-refractivity contribution is 6.32. The molecule has 0 spiro atoms. The van der Waals surface area contributed by atoms with Crippen molar-refractivity contribution in [3.63, 3.8) is 0 Å². The molecule has 0 aliphatic carbocycles. The van der Waals surface area contributed by atoms with E-state index in [9.17, 15) is 10.1 Å². The van der Waals surface area contributed by atoms with Crippen molar-refractivity contribution in [2.24, 2.45) is 0 Å². The van der Waals surface area contributed by atoms with E-state index in [0.29, 0.717) is 55.1 Å². The zero-order valence-electron chi connectivity index (χ0n) is 21.5. The average molecular weight is 535 g/mol. The third kappa shape index (κ3) is 8.84. The van der Waals surface area contributed by atoms with E-state index in [-0.39, 0.29) is 12.2 Å². The molecule has 1 amide bonds. The van der Waals surface area contributed by atoms with Crippen molar-refractivity contribution in [2.75, 3.05) is 33.0 Å². The standard InChI is InChI=1S/C30H31ClN2O5/c1-3-36-28-19-24(17-25(20-32)30(34)33-21-23-10-5-4-6-11-23)18-26(31)29(28)38-16-14-35-13-15-37-27-12-8-7-9-22(27)2/h4-12,17-19H,3,13-16,21H2,1-2H3,(H,33,34)/b25-17+. The molecule has 3 aromatic carbocycles. The molecule has 1 N–H and O–H groups in total. The van der Waals surface area contributed by atoms with Crippen molar-refractivity contribution in [1.29, 1.82) is 5.26 Å². The Balaban J connectivity index is 1.55. The van der Waals surface area contributed by atoms with E-state index in [1.54, 1.807) is 12.1 Å². The lowest BCUT2D eigenvalue weighted by Gasteiger charge is -2.15. The fourth-order valence-electron chi connectivity index (χ4n) is 3.50. The summed E-state index contributed by atoms with van der Waals surface area (Å²) in [6.07, 6.45) is 1.47. The van der Waals surface area contributed by atoms with E-state index < -0.39 is 5.91 Å². The Morgan fingerprint density at radius 1 is 0.947 bits per heavy atom. The minimum atomic E-state index is -0.477. The molecule has 0 aromatic heterocycles. The normalized spacial score (nSPS) is 10.9. The molecule has 3 rings (SSSR count). The van der Waals surface area contributed by atoms with Crippen LogP contribution < -0.4 is 19.5 Å². The maximum absolute atomic E-state index is 12.5. The van der Waals surface area contributed by atoms with E-state index in [0.717, 1.165) is 16.9 Å². The number of hydrogen-bond acceptors (Lipinski definition) is 6. The van der Waals surface area contributed by atoms with E-state index in [1.165, 1.54) is 6.08 Å². The van der Waals surface area contributed by atoms with Crippen LogP contribution in [0.2, 0.25) is 5.02 Å². The first-order valence-corrected chi connectivity index (χ1v) is 12.7. The highest BCUT2D eigenvalue weighted by Gasteiger charge is 2.15. The van der Waals surface area contributed by atoms with Gasteiger partial charge in [0, 0.05) is 6.54 Å². The molecule has 0 heterocycles. The van der Waals surface area contributed by atoms with Gasteiger partial charge in [0.2, 0.25) is 0 Å². The Morgan fingerprint density at radius 3 is 2.37 bits per heavy atom. The van der Waals surface area contributed by atoms with Crippen LogP contribution in [0, 0.1) is 18.3 Å². The van der Waals surface area contributed by atoms with Crippen LogP contribution in [0.4, 0.5) is 0 Å². The zero-order valence-corrected chi connectivity index (χ0v) is 22.3. The first kappa shape index (κ1) is 28.6. The van der Waals surface area contributed by atoms with E-state index in [4.69, 9.17) is 30.5 Å². The summed E-state index contributed by atoms with van der Waals surface area (Å²) in [7, 11) is 0. The molecule has 3 aromatic rings. The summed E-state index contributed by atoms with van der Waals surface area (Å²) in [5.74, 6) is 1.14. The minimum Gasteiger partial charge on any atom is -0.491 e. The summed E-state index contributed by atoms with van der Waals surface area (Å²) in [4.78, 5) is 12.5. The summed E-state index contributed by atoms with van der Waals surface area (Å²) >= 11 is 6.48. The zero-order chi connectivity index (χ0) is 27.2. The predicted molar refractivity (Wildman–Crippen MR) is 147 cm³/mol. The molecule has 0 radical (unpaired) electrons. The summed E-state index contributed by atoms with van der Waals surface area (Å²) in [5.41, 5.74) is 2.50. The number of carbonyl (C=O) groups is 1. The van der Waals surface area contributed by atoms with Gasteiger partial charge in [0.05, 0.1) is 24.8 Å². The van der Waals surface area contributed by atoms with Gasteiger partial charge in [-0.1, -0.05) is 60.1 Å². The van der Waals surface area contributed by atoms with Gasteiger partial charge in [0.1, 0.15) is 30.6 Å². The van der Waals surface area contributed by atoms with Gasteiger partial charge in [-0.25, -0.2) is 0 Å². The van der Waals surface area contributed by atoms with Crippen molar-refractivity contribution in [2.45, 2.75) is 20.4 Å². The number of aryl methyl sites for hydroxylation is 1. The van der Waals surface area contributed by atoms with Gasteiger partial charge in [-0.3, -0.25) is 4.79 Å². The smallest absolute Gasteiger partial charge is 0.262 e. The maximum Gasteiger partial charge on any atom is 0.262 e. The second-order valence-corrected chi connectivity index (χ2v) is 8.58. The summed E-state index contributed by atoms with van der Waals surface area (Å²) in [5, 5.41) is 12.6. The van der Waals surface area contributed by atoms with Crippen LogP contribution in [-0.4, -0.2) is 38.9 Å². The fourth-order valence-corrected chi connectivity index (χ4v) is 3.77. The predicted octanol–water partition coefficient (Wildman–Crippen LogP) is 5.74. The second-order valence-electron chi connectivity index (χ2n) is 8.18. The Kier molecular flexibility index (Phi) is 11.5. The van der Waals surface area contributed by atoms with Crippen molar-refractivity contribution >= 4 is 23.6 Å². The molecule has 0 unspecified atom stereocenters. The van der Waals surface area contributed by atoms with Crippen molar-refractivity contribution in [3.8, 4) is 23.3 Å². The Hall–Kier alpha value is -3.99. The number of rotatable bonds is 14. The maximum atomic E-state index is 12.5. The first-order valence-electron chi connectivity index (χ1n) is 12.3. The van der Waals surface area contributed by atoms with Crippen LogP contribution in [0.3, 0.4) is 0 Å². The highest BCUT2D eigenvalue weighted by atomic mass is 35.5. The molecule has 0 saturated carbocycles. The van der Waals surface area contributed by atoms with E-state index in [1.807, 2.05) is 74.5 Å². The second kappa shape index (κ2) is 15.3. The first-order chi connectivity index (χ1) is 18.5.